The first-order chi connectivity index (χ1) is 9.29. The van der Waals surface area contributed by atoms with Crippen LogP contribution in [0.4, 0.5) is 5.82 Å². The number of nitrogens with two attached hydrogens (primary N) is 1. The molecule has 1 aromatic heterocycles. The zero-order valence-electron chi connectivity index (χ0n) is 10.6. The Hall–Kier alpha value is -1.38. The highest BCUT2D eigenvalue weighted by atomic mass is 32.2. The molecule has 0 radical (unpaired) electrons. The summed E-state index contributed by atoms with van der Waals surface area (Å²) in [6, 6.07) is 3.21. The molecule has 8 heteroatoms. The van der Waals surface area contributed by atoms with Gasteiger partial charge in [0.05, 0.1) is 0 Å². The van der Waals surface area contributed by atoms with Gasteiger partial charge in [0.1, 0.15) is 0 Å². The maximum absolute atomic E-state index is 11.8. The third-order valence-electron chi connectivity index (χ3n) is 2.86. The monoisotopic (exact) mass is 282 g/mol. The van der Waals surface area contributed by atoms with Crippen molar-refractivity contribution in [3.05, 3.63) is 17.8 Å². The topological polar surface area (TPSA) is 96.2 Å². The number of carbonyl (C=O) groups is 1. The average Bonchev–Trinajstić information content (AvgIpc) is 2.48. The van der Waals surface area contributed by atoms with Crippen LogP contribution >= 0.6 is 11.8 Å². The van der Waals surface area contributed by atoms with Crippen LogP contribution in [0.15, 0.2) is 12.1 Å². The van der Waals surface area contributed by atoms with Crippen LogP contribution in [-0.4, -0.2) is 58.7 Å². The van der Waals surface area contributed by atoms with E-state index in [-0.39, 0.29) is 5.91 Å². The summed E-state index contributed by atoms with van der Waals surface area (Å²) in [5, 5.41) is 10.4. The van der Waals surface area contributed by atoms with Crippen molar-refractivity contribution in [2.24, 2.45) is 5.84 Å². The van der Waals surface area contributed by atoms with Crippen LogP contribution in [0.2, 0.25) is 0 Å². The number of hydrogen-bond acceptors (Lipinski definition) is 7. The van der Waals surface area contributed by atoms with Gasteiger partial charge in [-0.25, -0.2) is 5.84 Å². The van der Waals surface area contributed by atoms with E-state index < -0.39 is 0 Å². The Kier molecular flexibility index (Phi) is 5.37. The van der Waals surface area contributed by atoms with Gasteiger partial charge in [0.25, 0.3) is 5.91 Å². The minimum atomic E-state index is -0.206. The molecule has 104 valence electrons. The van der Waals surface area contributed by atoms with Gasteiger partial charge >= 0.3 is 0 Å². The van der Waals surface area contributed by atoms with Gasteiger partial charge in [-0.05, 0) is 12.1 Å². The van der Waals surface area contributed by atoms with Crippen LogP contribution in [0.25, 0.3) is 0 Å². The van der Waals surface area contributed by atoms with Crippen molar-refractivity contribution in [1.29, 1.82) is 0 Å². The Bertz CT molecular complexity index is 406. The molecule has 1 amide bonds. The van der Waals surface area contributed by atoms with E-state index in [0.717, 1.165) is 19.6 Å². The standard InChI is InChI=1S/C11H18N6OS/c12-14-10-2-1-9(15-16-10)11(18)13-3-4-17-5-7-19-8-6-17/h1-2H,3-8,12H2,(H,13,18)(H,14,16). The van der Waals surface area contributed by atoms with Gasteiger partial charge in [0, 0.05) is 37.7 Å². The number of nitrogens with zero attached hydrogens (tertiary/aromatic N) is 3. The highest BCUT2D eigenvalue weighted by Crippen LogP contribution is 2.08. The fourth-order valence-corrected chi connectivity index (χ4v) is 2.75. The second kappa shape index (κ2) is 7.27. The molecule has 1 saturated heterocycles. The Morgan fingerprint density at radius 3 is 2.79 bits per heavy atom. The molecule has 4 N–H and O–H groups in total. The van der Waals surface area contributed by atoms with Crippen LogP contribution in [0.3, 0.4) is 0 Å². The molecule has 7 nitrogen and oxygen atoms in total. The molecular weight excluding hydrogens is 264 g/mol. The summed E-state index contributed by atoms with van der Waals surface area (Å²) in [7, 11) is 0. The molecule has 0 spiro atoms. The van der Waals surface area contributed by atoms with E-state index in [1.807, 2.05) is 11.8 Å². The molecule has 1 aliphatic heterocycles. The summed E-state index contributed by atoms with van der Waals surface area (Å²) in [6.07, 6.45) is 0. The molecule has 2 heterocycles. The number of aromatic nitrogens is 2. The lowest BCUT2D eigenvalue weighted by Gasteiger charge is -2.25. The quantitative estimate of drug-likeness (QED) is 0.497. The number of nitrogen functional groups attached to an aromatic ring is 1. The molecule has 0 bridgehead atoms. The van der Waals surface area contributed by atoms with E-state index in [2.05, 4.69) is 25.8 Å². The molecule has 0 atom stereocenters. The summed E-state index contributed by atoms with van der Waals surface area (Å²) in [5.74, 6) is 7.75. The SMILES string of the molecule is NNc1ccc(C(=O)NCCN2CCSCC2)nn1. The molecule has 19 heavy (non-hydrogen) atoms. The molecular formula is C11H18N6OS. The molecule has 2 rings (SSSR count). The van der Waals surface area contributed by atoms with Crippen molar-refractivity contribution in [1.82, 2.24) is 20.4 Å². The maximum atomic E-state index is 11.8. The molecule has 0 saturated carbocycles. The third-order valence-corrected chi connectivity index (χ3v) is 3.80. The van der Waals surface area contributed by atoms with E-state index in [0.29, 0.717) is 18.1 Å². The van der Waals surface area contributed by atoms with Gasteiger partial charge in [-0.15, -0.1) is 10.2 Å². The van der Waals surface area contributed by atoms with Crippen molar-refractivity contribution in [3.63, 3.8) is 0 Å². The van der Waals surface area contributed by atoms with Crippen LogP contribution in [0, 0.1) is 0 Å². The summed E-state index contributed by atoms with van der Waals surface area (Å²) in [5.41, 5.74) is 2.66. The first-order valence-electron chi connectivity index (χ1n) is 6.18. The zero-order chi connectivity index (χ0) is 13.5. The van der Waals surface area contributed by atoms with Gasteiger partial charge in [0.2, 0.25) is 0 Å². The molecule has 1 aliphatic rings. The number of hydrazine groups is 1. The van der Waals surface area contributed by atoms with E-state index in [4.69, 9.17) is 5.84 Å². The second-order valence-electron chi connectivity index (χ2n) is 4.16. The van der Waals surface area contributed by atoms with Gasteiger partial charge < -0.3 is 10.7 Å². The van der Waals surface area contributed by atoms with Crippen LogP contribution in [-0.2, 0) is 0 Å². The van der Waals surface area contributed by atoms with Gasteiger partial charge in [0.15, 0.2) is 11.5 Å². The minimum Gasteiger partial charge on any atom is -0.349 e. The van der Waals surface area contributed by atoms with Gasteiger partial charge in [-0.2, -0.15) is 11.8 Å². The summed E-state index contributed by atoms with van der Waals surface area (Å²) in [4.78, 5) is 14.1. The minimum absolute atomic E-state index is 0.206. The number of rotatable bonds is 5. The lowest BCUT2D eigenvalue weighted by Crippen LogP contribution is -2.39. The number of amides is 1. The van der Waals surface area contributed by atoms with Crippen LogP contribution in [0.5, 0.6) is 0 Å². The average molecular weight is 282 g/mol. The van der Waals surface area contributed by atoms with E-state index in [1.165, 1.54) is 11.5 Å². The lowest BCUT2D eigenvalue weighted by molar-refractivity contribution is 0.0943. The van der Waals surface area contributed by atoms with Gasteiger partial charge in [-0.3, -0.25) is 9.69 Å². The largest absolute Gasteiger partial charge is 0.349 e. The first kappa shape index (κ1) is 14.0. The van der Waals surface area contributed by atoms with Crippen molar-refractivity contribution in [2.75, 3.05) is 43.1 Å². The fraction of sp³-hybridized carbons (Fsp3) is 0.545. The van der Waals surface area contributed by atoms with Crippen molar-refractivity contribution in [2.45, 2.75) is 0 Å². The van der Waals surface area contributed by atoms with Crippen LogP contribution < -0.4 is 16.6 Å². The van der Waals surface area contributed by atoms with Gasteiger partial charge in [-0.1, -0.05) is 0 Å². The first-order valence-corrected chi connectivity index (χ1v) is 7.33. The highest BCUT2D eigenvalue weighted by Gasteiger charge is 2.11. The third kappa shape index (κ3) is 4.34. The Morgan fingerprint density at radius 2 is 2.16 bits per heavy atom. The fourth-order valence-electron chi connectivity index (χ4n) is 1.77. The second-order valence-corrected chi connectivity index (χ2v) is 5.38. The summed E-state index contributed by atoms with van der Waals surface area (Å²) < 4.78 is 0. The lowest BCUT2D eigenvalue weighted by atomic mass is 10.3. The van der Waals surface area contributed by atoms with E-state index in [1.54, 1.807) is 12.1 Å². The highest BCUT2D eigenvalue weighted by molar-refractivity contribution is 7.99. The van der Waals surface area contributed by atoms with Crippen molar-refractivity contribution >= 4 is 23.5 Å². The Balaban J connectivity index is 1.73. The van der Waals surface area contributed by atoms with Crippen molar-refractivity contribution < 1.29 is 4.79 Å². The Labute approximate surface area is 116 Å². The van der Waals surface area contributed by atoms with E-state index >= 15 is 0 Å². The molecule has 0 aliphatic carbocycles. The zero-order valence-corrected chi connectivity index (χ0v) is 11.4. The molecule has 0 unspecified atom stereocenters. The predicted molar refractivity (Wildman–Crippen MR) is 75.9 cm³/mol. The number of hydrogen-bond donors (Lipinski definition) is 3. The molecule has 0 aromatic carbocycles. The normalized spacial score (nSPS) is 16.1. The summed E-state index contributed by atoms with van der Waals surface area (Å²) >= 11 is 1.98. The predicted octanol–water partition coefficient (Wildman–Crippen LogP) is -0.459. The van der Waals surface area contributed by atoms with E-state index in [9.17, 15) is 4.79 Å². The summed E-state index contributed by atoms with van der Waals surface area (Å²) in [6.45, 7) is 3.69. The maximum Gasteiger partial charge on any atom is 0.271 e. The molecule has 1 fully saturated rings. The molecule has 1 aromatic rings. The number of nitrogens with one attached hydrogen (secondary N) is 2. The van der Waals surface area contributed by atoms with Crippen LogP contribution in [0.1, 0.15) is 10.5 Å². The van der Waals surface area contributed by atoms with Crippen molar-refractivity contribution in [3.8, 4) is 0 Å². The number of thioether (sulfide) groups is 1. The Morgan fingerprint density at radius 1 is 1.37 bits per heavy atom. The number of anilines is 1. The number of carbonyl (C=O) groups excluding carboxylic acids is 1. The smallest absolute Gasteiger partial charge is 0.271 e.